The minimum atomic E-state index is 0.289. The van der Waals surface area contributed by atoms with Crippen LogP contribution in [0.1, 0.15) is 36.7 Å². The number of hydrogen-bond donors (Lipinski definition) is 1. The van der Waals surface area contributed by atoms with Gasteiger partial charge in [0, 0.05) is 4.88 Å². The zero-order valence-corrected chi connectivity index (χ0v) is 12.0. The molecule has 0 bridgehead atoms. The van der Waals surface area contributed by atoms with Crippen molar-refractivity contribution < 1.29 is 0 Å². The lowest BCUT2D eigenvalue weighted by Gasteiger charge is -2.06. The van der Waals surface area contributed by atoms with Gasteiger partial charge in [-0.2, -0.15) is 0 Å². The topological polar surface area (TPSA) is 37.8 Å². The van der Waals surface area contributed by atoms with Crippen molar-refractivity contribution in [3.8, 4) is 9.88 Å². The van der Waals surface area contributed by atoms with Gasteiger partial charge in [-0.1, -0.05) is 25.2 Å². The Morgan fingerprint density at radius 3 is 2.71 bits per heavy atom. The molecule has 0 saturated carbocycles. The molecule has 0 aliphatic rings. The first kappa shape index (κ1) is 12.7. The van der Waals surface area contributed by atoms with E-state index < -0.39 is 0 Å². The predicted octanol–water partition coefficient (Wildman–Crippen LogP) is 3.50. The lowest BCUT2D eigenvalue weighted by Crippen LogP contribution is -2.17. The molecule has 0 spiro atoms. The number of aromatic nitrogens is 2. The van der Waals surface area contributed by atoms with Crippen molar-refractivity contribution in [3.05, 3.63) is 22.0 Å². The Morgan fingerprint density at radius 2 is 2.06 bits per heavy atom. The summed E-state index contributed by atoms with van der Waals surface area (Å²) in [5.74, 6) is 0. The second-order valence-electron chi connectivity index (χ2n) is 3.84. The predicted molar refractivity (Wildman–Crippen MR) is 74.7 cm³/mol. The highest BCUT2D eigenvalue weighted by molar-refractivity contribution is 7.21. The lowest BCUT2D eigenvalue weighted by atomic mass is 10.3. The molecule has 0 aliphatic heterocycles. The second-order valence-corrected chi connectivity index (χ2v) is 6.02. The number of nitrogens with zero attached hydrogens (tertiary/aromatic N) is 2. The number of thiophene rings is 1. The minimum Gasteiger partial charge on any atom is -0.308 e. The summed E-state index contributed by atoms with van der Waals surface area (Å²) in [6.45, 7) is 7.36. The maximum atomic E-state index is 4.28. The molecule has 5 heteroatoms. The lowest BCUT2D eigenvalue weighted by molar-refractivity contribution is 0.590. The fourth-order valence-electron chi connectivity index (χ4n) is 1.59. The van der Waals surface area contributed by atoms with E-state index in [0.717, 1.165) is 23.0 Å². The molecular weight excluding hydrogens is 250 g/mol. The van der Waals surface area contributed by atoms with Crippen molar-refractivity contribution >= 4 is 22.7 Å². The molecule has 2 aromatic heterocycles. The Bertz CT molecular complexity index is 476. The van der Waals surface area contributed by atoms with E-state index in [1.54, 1.807) is 11.3 Å². The molecule has 0 aliphatic carbocycles. The summed E-state index contributed by atoms with van der Waals surface area (Å²) in [5.41, 5.74) is 0. The van der Waals surface area contributed by atoms with Gasteiger partial charge < -0.3 is 5.32 Å². The van der Waals surface area contributed by atoms with Crippen molar-refractivity contribution in [2.45, 2.75) is 33.2 Å². The summed E-state index contributed by atoms with van der Waals surface area (Å²) in [6.07, 6.45) is 1.09. The molecule has 0 amide bonds. The fourth-order valence-corrected chi connectivity index (χ4v) is 3.45. The molecule has 1 atom stereocenters. The Hall–Kier alpha value is -0.780. The van der Waals surface area contributed by atoms with Crippen molar-refractivity contribution in [3.63, 3.8) is 0 Å². The number of nitrogens with one attached hydrogen (secondary N) is 1. The molecular formula is C12H17N3S2. The Morgan fingerprint density at radius 1 is 1.24 bits per heavy atom. The van der Waals surface area contributed by atoms with Crippen LogP contribution in [-0.4, -0.2) is 16.7 Å². The van der Waals surface area contributed by atoms with Crippen molar-refractivity contribution in [2.24, 2.45) is 0 Å². The molecule has 1 N–H and O–H groups in total. The zero-order valence-electron chi connectivity index (χ0n) is 10.4. The minimum absolute atomic E-state index is 0.289. The van der Waals surface area contributed by atoms with Crippen molar-refractivity contribution in [1.82, 2.24) is 15.5 Å². The van der Waals surface area contributed by atoms with Crippen LogP contribution in [0.25, 0.3) is 9.88 Å². The van der Waals surface area contributed by atoms with E-state index in [-0.39, 0.29) is 6.04 Å². The monoisotopic (exact) mass is 267 g/mol. The molecule has 0 radical (unpaired) electrons. The van der Waals surface area contributed by atoms with Crippen LogP contribution in [0.4, 0.5) is 0 Å². The molecule has 0 aromatic carbocycles. The fraction of sp³-hybridized carbons (Fsp3) is 0.500. The first-order valence-corrected chi connectivity index (χ1v) is 7.53. The number of hydrogen-bond acceptors (Lipinski definition) is 5. The normalized spacial score (nSPS) is 12.9. The van der Waals surface area contributed by atoms with Crippen LogP contribution in [0.3, 0.4) is 0 Å². The van der Waals surface area contributed by atoms with Gasteiger partial charge in [-0.25, -0.2) is 0 Å². The molecule has 0 saturated heterocycles. The van der Waals surface area contributed by atoms with Crippen LogP contribution in [0.2, 0.25) is 0 Å². The second kappa shape index (κ2) is 5.71. The first-order valence-electron chi connectivity index (χ1n) is 5.90. The maximum absolute atomic E-state index is 4.28. The van der Waals surface area contributed by atoms with Crippen LogP contribution in [0.5, 0.6) is 0 Å². The largest absolute Gasteiger partial charge is 0.308 e. The highest BCUT2D eigenvalue weighted by Crippen LogP contribution is 2.32. The van der Waals surface area contributed by atoms with Gasteiger partial charge in [0.15, 0.2) is 5.01 Å². The van der Waals surface area contributed by atoms with E-state index in [4.69, 9.17) is 0 Å². The highest BCUT2D eigenvalue weighted by atomic mass is 32.1. The summed E-state index contributed by atoms with van der Waals surface area (Å²) in [6, 6.07) is 4.61. The quantitative estimate of drug-likeness (QED) is 0.901. The van der Waals surface area contributed by atoms with Gasteiger partial charge in [0.1, 0.15) is 5.01 Å². The number of aryl methyl sites for hydroxylation is 1. The van der Waals surface area contributed by atoms with Gasteiger partial charge in [-0.05, 0) is 32.0 Å². The van der Waals surface area contributed by atoms with E-state index in [0.29, 0.717) is 0 Å². The first-order chi connectivity index (χ1) is 8.24. The Labute approximate surface area is 110 Å². The van der Waals surface area contributed by atoms with Gasteiger partial charge in [-0.15, -0.1) is 21.5 Å². The molecule has 2 heterocycles. The van der Waals surface area contributed by atoms with E-state index >= 15 is 0 Å². The third kappa shape index (κ3) is 2.91. The zero-order chi connectivity index (χ0) is 12.3. The molecule has 0 fully saturated rings. The van der Waals surface area contributed by atoms with Crippen molar-refractivity contribution in [1.29, 1.82) is 0 Å². The molecule has 17 heavy (non-hydrogen) atoms. The van der Waals surface area contributed by atoms with Crippen molar-refractivity contribution in [2.75, 3.05) is 6.54 Å². The van der Waals surface area contributed by atoms with Gasteiger partial charge in [0.05, 0.1) is 10.9 Å². The smallest absolute Gasteiger partial charge is 0.157 e. The maximum Gasteiger partial charge on any atom is 0.157 e. The Balaban J connectivity index is 2.17. The summed E-state index contributed by atoms with van der Waals surface area (Å²) >= 11 is 3.50. The van der Waals surface area contributed by atoms with Gasteiger partial charge in [-0.3, -0.25) is 0 Å². The van der Waals surface area contributed by atoms with E-state index in [1.165, 1.54) is 9.75 Å². The molecule has 3 nitrogen and oxygen atoms in total. The Kier molecular flexibility index (Phi) is 4.25. The molecule has 2 rings (SSSR count). The average molecular weight is 267 g/mol. The van der Waals surface area contributed by atoms with Crippen LogP contribution < -0.4 is 5.32 Å². The van der Waals surface area contributed by atoms with E-state index in [1.807, 2.05) is 11.3 Å². The standard InChI is InChI=1S/C12H17N3S2/c1-4-9-6-7-10(16-9)12-15-14-11(17-12)8(3)13-5-2/h6-8,13H,4-5H2,1-3H3. The van der Waals surface area contributed by atoms with Crippen LogP contribution in [0.15, 0.2) is 12.1 Å². The summed E-state index contributed by atoms with van der Waals surface area (Å²) < 4.78 is 0. The third-order valence-electron chi connectivity index (χ3n) is 2.54. The molecule has 92 valence electrons. The van der Waals surface area contributed by atoms with Crippen LogP contribution in [-0.2, 0) is 6.42 Å². The van der Waals surface area contributed by atoms with E-state index in [9.17, 15) is 0 Å². The highest BCUT2D eigenvalue weighted by Gasteiger charge is 2.13. The van der Waals surface area contributed by atoms with Crippen LogP contribution in [0, 0.1) is 0 Å². The summed E-state index contributed by atoms with van der Waals surface area (Å²) in [4.78, 5) is 2.63. The van der Waals surface area contributed by atoms with Gasteiger partial charge in [0.2, 0.25) is 0 Å². The number of rotatable bonds is 5. The summed E-state index contributed by atoms with van der Waals surface area (Å²) in [5, 5.41) is 14.0. The average Bonchev–Trinajstić information content (AvgIpc) is 2.98. The summed E-state index contributed by atoms with van der Waals surface area (Å²) in [7, 11) is 0. The molecule has 2 aromatic rings. The van der Waals surface area contributed by atoms with E-state index in [2.05, 4.69) is 48.4 Å². The van der Waals surface area contributed by atoms with Crippen LogP contribution >= 0.6 is 22.7 Å². The third-order valence-corrected chi connectivity index (χ3v) is 5.05. The SMILES string of the molecule is CCNC(C)c1nnc(-c2ccc(CC)s2)s1. The molecule has 1 unspecified atom stereocenters. The van der Waals surface area contributed by atoms with Gasteiger partial charge >= 0.3 is 0 Å². The van der Waals surface area contributed by atoms with Gasteiger partial charge in [0.25, 0.3) is 0 Å².